The van der Waals surface area contributed by atoms with Crippen molar-refractivity contribution in [1.82, 2.24) is 0 Å². The second-order valence-corrected chi connectivity index (χ2v) is 5.56. The molecule has 2 aromatic carbocycles. The zero-order valence-corrected chi connectivity index (χ0v) is 14.7. The van der Waals surface area contributed by atoms with Crippen molar-refractivity contribution in [1.29, 1.82) is 0 Å². The van der Waals surface area contributed by atoms with Crippen molar-refractivity contribution < 1.29 is 9.47 Å². The van der Waals surface area contributed by atoms with E-state index in [0.29, 0.717) is 16.6 Å². The summed E-state index contributed by atoms with van der Waals surface area (Å²) >= 11 is 5.40. The number of hydrogen-bond donors (Lipinski definition) is 2. The van der Waals surface area contributed by atoms with Gasteiger partial charge in [0.2, 0.25) is 0 Å². The van der Waals surface area contributed by atoms with Crippen LogP contribution in [0.2, 0.25) is 0 Å². The minimum atomic E-state index is 0.536. The van der Waals surface area contributed by atoms with Crippen molar-refractivity contribution in [3.8, 4) is 11.5 Å². The Hall–Kier alpha value is -2.27. The number of aryl methyl sites for hydroxylation is 2. The van der Waals surface area contributed by atoms with Crippen LogP contribution in [-0.4, -0.2) is 19.3 Å². The third kappa shape index (κ3) is 4.36. The summed E-state index contributed by atoms with van der Waals surface area (Å²) in [6, 6.07) is 12.0. The zero-order chi connectivity index (χ0) is 16.8. The standard InChI is InChI=1S/C18H22N2O2S/c1-5-13-7-6-8-14(10-13)19-18(23)20-15-11-17(22-4)16(21-3)9-12(15)2/h6-11H,5H2,1-4H3,(H2,19,20,23). The van der Waals surface area contributed by atoms with E-state index in [9.17, 15) is 0 Å². The summed E-state index contributed by atoms with van der Waals surface area (Å²) < 4.78 is 10.6. The van der Waals surface area contributed by atoms with Gasteiger partial charge in [-0.25, -0.2) is 0 Å². The van der Waals surface area contributed by atoms with Gasteiger partial charge in [0.05, 0.1) is 14.2 Å². The number of hydrogen-bond acceptors (Lipinski definition) is 3. The molecule has 0 aliphatic rings. The minimum absolute atomic E-state index is 0.536. The second kappa shape index (κ2) is 7.83. The first-order valence-corrected chi connectivity index (χ1v) is 7.87. The molecule has 5 heteroatoms. The van der Waals surface area contributed by atoms with E-state index < -0.39 is 0 Å². The van der Waals surface area contributed by atoms with Gasteiger partial charge in [0, 0.05) is 17.4 Å². The SMILES string of the molecule is CCc1cccc(NC(=S)Nc2cc(OC)c(OC)cc2C)c1. The molecule has 0 saturated heterocycles. The van der Waals surface area contributed by atoms with Gasteiger partial charge in [0.1, 0.15) is 0 Å². The van der Waals surface area contributed by atoms with Crippen molar-refractivity contribution in [2.45, 2.75) is 20.3 Å². The predicted octanol–water partition coefficient (Wildman–Crippen LogP) is 4.38. The number of ether oxygens (including phenoxy) is 2. The molecule has 2 aromatic rings. The minimum Gasteiger partial charge on any atom is -0.493 e. The van der Waals surface area contributed by atoms with E-state index in [1.165, 1.54) is 5.56 Å². The van der Waals surface area contributed by atoms with E-state index in [2.05, 4.69) is 29.7 Å². The fraction of sp³-hybridized carbons (Fsp3) is 0.278. The van der Waals surface area contributed by atoms with Gasteiger partial charge in [-0.2, -0.15) is 0 Å². The van der Waals surface area contributed by atoms with Crippen molar-refractivity contribution in [3.63, 3.8) is 0 Å². The Morgan fingerprint density at radius 3 is 2.39 bits per heavy atom. The molecule has 0 aliphatic carbocycles. The summed E-state index contributed by atoms with van der Waals surface area (Å²) in [4.78, 5) is 0. The highest BCUT2D eigenvalue weighted by atomic mass is 32.1. The predicted molar refractivity (Wildman–Crippen MR) is 99.9 cm³/mol. The van der Waals surface area contributed by atoms with Crippen LogP contribution in [0.3, 0.4) is 0 Å². The van der Waals surface area contributed by atoms with E-state index in [-0.39, 0.29) is 0 Å². The highest BCUT2D eigenvalue weighted by Crippen LogP contribution is 2.32. The molecule has 23 heavy (non-hydrogen) atoms. The third-order valence-corrected chi connectivity index (χ3v) is 3.78. The lowest BCUT2D eigenvalue weighted by Gasteiger charge is -2.16. The van der Waals surface area contributed by atoms with Gasteiger partial charge in [-0.05, 0) is 54.9 Å². The third-order valence-electron chi connectivity index (χ3n) is 3.57. The normalized spacial score (nSPS) is 10.1. The first kappa shape index (κ1) is 17.1. The molecule has 0 atom stereocenters. The Balaban J connectivity index is 2.13. The van der Waals surface area contributed by atoms with Crippen LogP contribution in [0.1, 0.15) is 18.1 Å². The van der Waals surface area contributed by atoms with Crippen molar-refractivity contribution >= 4 is 28.7 Å². The Morgan fingerprint density at radius 1 is 1.04 bits per heavy atom. The number of nitrogens with one attached hydrogen (secondary N) is 2. The summed E-state index contributed by atoms with van der Waals surface area (Å²) in [5.41, 5.74) is 4.14. The van der Waals surface area contributed by atoms with Crippen LogP contribution in [-0.2, 0) is 6.42 Å². The largest absolute Gasteiger partial charge is 0.493 e. The van der Waals surface area contributed by atoms with Crippen LogP contribution in [0, 0.1) is 6.92 Å². The van der Waals surface area contributed by atoms with Crippen LogP contribution < -0.4 is 20.1 Å². The number of rotatable bonds is 5. The first-order valence-electron chi connectivity index (χ1n) is 7.47. The molecule has 0 bridgehead atoms. The number of anilines is 2. The molecule has 122 valence electrons. The summed E-state index contributed by atoms with van der Waals surface area (Å²) in [7, 11) is 3.24. The summed E-state index contributed by atoms with van der Waals surface area (Å²) in [6.07, 6.45) is 0.991. The highest BCUT2D eigenvalue weighted by Gasteiger charge is 2.09. The fourth-order valence-corrected chi connectivity index (χ4v) is 2.50. The molecule has 0 saturated carbocycles. The Morgan fingerprint density at radius 2 is 1.74 bits per heavy atom. The lowest BCUT2D eigenvalue weighted by Crippen LogP contribution is -2.19. The number of methoxy groups -OCH3 is 2. The van der Waals surface area contributed by atoms with E-state index in [1.807, 2.05) is 31.2 Å². The second-order valence-electron chi connectivity index (χ2n) is 5.16. The zero-order valence-electron chi connectivity index (χ0n) is 13.9. The van der Waals surface area contributed by atoms with Crippen molar-refractivity contribution in [2.75, 3.05) is 24.9 Å². The average Bonchev–Trinajstić information content (AvgIpc) is 2.56. The maximum atomic E-state index is 5.40. The molecule has 0 amide bonds. The Kier molecular flexibility index (Phi) is 5.82. The molecule has 0 heterocycles. The molecular formula is C18H22N2O2S. The van der Waals surface area contributed by atoms with Gasteiger partial charge in [0.15, 0.2) is 16.6 Å². The average molecular weight is 330 g/mol. The summed E-state index contributed by atoms with van der Waals surface area (Å²) in [5.74, 6) is 1.36. The lowest BCUT2D eigenvalue weighted by atomic mass is 10.1. The molecule has 4 nitrogen and oxygen atoms in total. The molecule has 2 N–H and O–H groups in total. The van der Waals surface area contributed by atoms with Gasteiger partial charge >= 0.3 is 0 Å². The molecular weight excluding hydrogens is 308 g/mol. The summed E-state index contributed by atoms with van der Waals surface area (Å²) in [6.45, 7) is 4.12. The topological polar surface area (TPSA) is 42.5 Å². The number of benzene rings is 2. The Bertz CT molecular complexity index is 701. The van der Waals surface area contributed by atoms with Gasteiger partial charge in [-0.15, -0.1) is 0 Å². The molecule has 2 rings (SSSR count). The van der Waals surface area contributed by atoms with E-state index >= 15 is 0 Å². The van der Waals surface area contributed by atoms with Gasteiger partial charge in [-0.3, -0.25) is 0 Å². The monoisotopic (exact) mass is 330 g/mol. The molecule has 0 aliphatic heterocycles. The van der Waals surface area contributed by atoms with Gasteiger partial charge in [0.25, 0.3) is 0 Å². The molecule has 0 aromatic heterocycles. The maximum absolute atomic E-state index is 5.40. The van der Waals surface area contributed by atoms with E-state index in [1.54, 1.807) is 14.2 Å². The van der Waals surface area contributed by atoms with E-state index in [4.69, 9.17) is 21.7 Å². The van der Waals surface area contributed by atoms with Crippen molar-refractivity contribution in [3.05, 3.63) is 47.5 Å². The van der Waals surface area contributed by atoms with Gasteiger partial charge in [-0.1, -0.05) is 19.1 Å². The quantitative estimate of drug-likeness (QED) is 0.796. The molecule has 0 spiro atoms. The molecule has 0 unspecified atom stereocenters. The van der Waals surface area contributed by atoms with Crippen molar-refractivity contribution in [2.24, 2.45) is 0 Å². The van der Waals surface area contributed by atoms with Crippen LogP contribution in [0.15, 0.2) is 36.4 Å². The summed E-state index contributed by atoms with van der Waals surface area (Å²) in [5, 5.41) is 6.95. The van der Waals surface area contributed by atoms with Gasteiger partial charge < -0.3 is 20.1 Å². The van der Waals surface area contributed by atoms with Crippen LogP contribution in [0.4, 0.5) is 11.4 Å². The van der Waals surface area contributed by atoms with Crippen LogP contribution in [0.5, 0.6) is 11.5 Å². The highest BCUT2D eigenvalue weighted by molar-refractivity contribution is 7.80. The fourth-order valence-electron chi connectivity index (χ4n) is 2.27. The molecule has 0 radical (unpaired) electrons. The number of thiocarbonyl (C=S) groups is 1. The molecule has 0 fully saturated rings. The Labute approximate surface area is 142 Å². The van der Waals surface area contributed by atoms with Crippen LogP contribution >= 0.6 is 12.2 Å². The lowest BCUT2D eigenvalue weighted by molar-refractivity contribution is 0.355. The maximum Gasteiger partial charge on any atom is 0.175 e. The van der Waals surface area contributed by atoms with E-state index in [0.717, 1.165) is 23.4 Å². The first-order chi connectivity index (χ1) is 11.1. The smallest absolute Gasteiger partial charge is 0.175 e. The van der Waals surface area contributed by atoms with Crippen LogP contribution in [0.25, 0.3) is 0 Å².